The molecule has 0 amide bonds. The van der Waals surface area contributed by atoms with Gasteiger partial charge in [-0.05, 0) is 12.2 Å². The van der Waals surface area contributed by atoms with Crippen molar-refractivity contribution in [3.8, 4) is 0 Å². The molecule has 0 saturated heterocycles. The summed E-state index contributed by atoms with van der Waals surface area (Å²) in [7, 11) is -4.10. The second-order valence-electron chi connectivity index (χ2n) is 1.83. The maximum absolute atomic E-state index is 10.5. The third kappa shape index (κ3) is 3.23. The second-order valence-corrected chi connectivity index (χ2v) is 3.52. The molecule has 0 bridgehead atoms. The average Bonchev–Trinajstić information content (AvgIpc) is 1.88. The van der Waals surface area contributed by atoms with Gasteiger partial charge in [0.1, 0.15) is 0 Å². The minimum atomic E-state index is -4.10. The summed E-state index contributed by atoms with van der Waals surface area (Å²) in [5, 5.41) is 0. The fourth-order valence-corrected chi connectivity index (χ4v) is 1.12. The molecule has 0 aromatic carbocycles. The van der Waals surface area contributed by atoms with E-state index in [-0.39, 0.29) is 17.1 Å². The molecule has 1 aliphatic rings. The summed E-state index contributed by atoms with van der Waals surface area (Å²) < 4.78 is 15.1. The minimum absolute atomic E-state index is 0. The minimum Gasteiger partial charge on any atom is -0.481 e. The monoisotopic (exact) mass is 217 g/mol. The Morgan fingerprint density at radius 2 is 2.00 bits per heavy atom. The van der Waals surface area contributed by atoms with Crippen molar-refractivity contribution in [1.82, 2.24) is 0 Å². The van der Waals surface area contributed by atoms with Gasteiger partial charge in [0.25, 0.3) is 0 Å². The fraction of sp³-hybridized carbons (Fsp3) is 0.200. The molecule has 0 fully saturated rings. The summed E-state index contributed by atoms with van der Waals surface area (Å²) in [6.45, 7) is 0. The second kappa shape index (κ2) is 4.10. The van der Waals surface area contributed by atoms with Gasteiger partial charge in [0.2, 0.25) is 5.85 Å². The summed E-state index contributed by atoms with van der Waals surface area (Å²) in [6, 6.07) is 0. The van der Waals surface area contributed by atoms with Crippen molar-refractivity contribution in [3.63, 3.8) is 0 Å². The van der Waals surface area contributed by atoms with Crippen molar-refractivity contribution in [1.29, 1.82) is 0 Å². The van der Waals surface area contributed by atoms with E-state index in [1.165, 1.54) is 18.4 Å². The summed E-state index contributed by atoms with van der Waals surface area (Å²) in [5.41, 5.74) is 0. The van der Waals surface area contributed by atoms with Crippen LogP contribution in [0, 0.1) is 0 Å². The third-order valence-corrected chi connectivity index (χ3v) is 1.97. The predicted molar refractivity (Wildman–Crippen MR) is 35.2 cm³/mol. The third-order valence-electron chi connectivity index (χ3n) is 1.01. The van der Waals surface area contributed by atoms with Crippen LogP contribution in [0.3, 0.4) is 0 Å². The normalized spacial score (nSPS) is 22.2. The van der Waals surface area contributed by atoms with Crippen LogP contribution < -0.4 is 0 Å². The van der Waals surface area contributed by atoms with E-state index >= 15 is 0 Å². The van der Waals surface area contributed by atoms with Crippen molar-refractivity contribution in [3.05, 3.63) is 24.5 Å². The summed E-state index contributed by atoms with van der Waals surface area (Å²) in [6.07, 6.45) is 5.67. The predicted octanol–water partition coefficient (Wildman–Crippen LogP) is 0.588. The van der Waals surface area contributed by atoms with E-state index < -0.39 is 13.4 Å². The Kier molecular flexibility index (Phi) is 4.08. The van der Waals surface area contributed by atoms with Gasteiger partial charge < -0.3 is 14.5 Å². The Morgan fingerprint density at radius 3 is 2.27 bits per heavy atom. The maximum atomic E-state index is 10.5. The van der Waals surface area contributed by atoms with E-state index in [4.69, 9.17) is 9.79 Å². The van der Waals surface area contributed by atoms with Crippen molar-refractivity contribution < 1.29 is 36.2 Å². The Balaban J connectivity index is 0.000001000. The van der Waals surface area contributed by atoms with E-state index in [2.05, 4.69) is 4.74 Å². The van der Waals surface area contributed by atoms with Gasteiger partial charge in [0.05, 0.1) is 6.26 Å². The van der Waals surface area contributed by atoms with E-state index in [1.54, 1.807) is 6.08 Å². The Bertz CT molecular complexity index is 219. The molecule has 0 aliphatic carbocycles. The van der Waals surface area contributed by atoms with Crippen LogP contribution in [0.15, 0.2) is 24.5 Å². The smallest absolute Gasteiger partial charge is 0.369 e. The van der Waals surface area contributed by atoms with E-state index in [0.29, 0.717) is 0 Å². The van der Waals surface area contributed by atoms with Crippen LogP contribution in [-0.4, -0.2) is 15.6 Å². The number of ether oxygens (including phenoxy) is 1. The molecule has 0 spiro atoms. The average molecular weight is 217 g/mol. The van der Waals surface area contributed by atoms with Gasteiger partial charge in [-0.2, -0.15) is 0 Å². The molecule has 1 aliphatic heterocycles. The van der Waals surface area contributed by atoms with Crippen LogP contribution in [-0.2, 0) is 26.4 Å². The molecule has 63 valence electrons. The number of allylic oxidation sites excluding steroid dienone is 2. The molecule has 1 heterocycles. The molecule has 1 radical (unpaired) electrons. The van der Waals surface area contributed by atoms with Crippen LogP contribution in [0.25, 0.3) is 0 Å². The molecular formula is C5H7MnO4P. The van der Waals surface area contributed by atoms with Crippen LogP contribution in [0.4, 0.5) is 0 Å². The van der Waals surface area contributed by atoms with Crippen LogP contribution in [0.5, 0.6) is 0 Å². The van der Waals surface area contributed by atoms with Gasteiger partial charge in [0.15, 0.2) is 0 Å². The zero-order valence-corrected chi connectivity index (χ0v) is 7.50. The van der Waals surface area contributed by atoms with Gasteiger partial charge in [-0.25, -0.2) is 0 Å². The zero-order chi connectivity index (χ0) is 7.61. The molecule has 0 saturated carbocycles. The van der Waals surface area contributed by atoms with E-state index in [1.807, 2.05) is 0 Å². The number of rotatable bonds is 1. The Labute approximate surface area is 74.6 Å². The summed E-state index contributed by atoms with van der Waals surface area (Å²) in [4.78, 5) is 17.1. The van der Waals surface area contributed by atoms with Crippen molar-refractivity contribution in [2.24, 2.45) is 0 Å². The van der Waals surface area contributed by atoms with Gasteiger partial charge in [-0.15, -0.1) is 0 Å². The molecule has 6 heteroatoms. The SMILES string of the molecule is O=P(O)(O)C1C=CC=CO1.[Mn]. The Morgan fingerprint density at radius 1 is 1.36 bits per heavy atom. The van der Waals surface area contributed by atoms with Crippen molar-refractivity contribution in [2.75, 3.05) is 0 Å². The van der Waals surface area contributed by atoms with Crippen LogP contribution >= 0.6 is 7.60 Å². The first kappa shape index (κ1) is 10.9. The van der Waals surface area contributed by atoms with E-state index in [9.17, 15) is 4.57 Å². The van der Waals surface area contributed by atoms with Crippen LogP contribution in [0.1, 0.15) is 0 Å². The van der Waals surface area contributed by atoms with Gasteiger partial charge in [-0.3, -0.25) is 4.57 Å². The first-order chi connectivity index (χ1) is 4.61. The van der Waals surface area contributed by atoms with Gasteiger partial charge in [-0.1, -0.05) is 6.08 Å². The molecule has 0 aromatic rings. The molecule has 1 rings (SSSR count). The molecule has 4 nitrogen and oxygen atoms in total. The van der Waals surface area contributed by atoms with Gasteiger partial charge >= 0.3 is 7.60 Å². The zero-order valence-electron chi connectivity index (χ0n) is 5.42. The number of hydrogen-bond donors (Lipinski definition) is 2. The van der Waals surface area contributed by atoms with Crippen molar-refractivity contribution >= 4 is 7.60 Å². The maximum Gasteiger partial charge on any atom is 0.369 e. The summed E-state index contributed by atoms with van der Waals surface area (Å²) in [5.74, 6) is -1.10. The Hall–Kier alpha value is -0.0505. The molecule has 1 unspecified atom stereocenters. The molecular weight excluding hydrogens is 210 g/mol. The first-order valence-electron chi connectivity index (χ1n) is 2.65. The fourth-order valence-electron chi connectivity index (χ4n) is 0.567. The molecule has 1 atom stereocenters. The molecule has 0 aromatic heterocycles. The van der Waals surface area contributed by atoms with Gasteiger partial charge in [0, 0.05) is 17.1 Å². The first-order valence-corrected chi connectivity index (χ1v) is 4.33. The largest absolute Gasteiger partial charge is 0.481 e. The van der Waals surface area contributed by atoms with E-state index in [0.717, 1.165) is 0 Å². The quantitative estimate of drug-likeness (QED) is 0.498. The molecule has 11 heavy (non-hydrogen) atoms. The van der Waals surface area contributed by atoms with Crippen LogP contribution in [0.2, 0.25) is 0 Å². The topological polar surface area (TPSA) is 66.8 Å². The number of hydrogen-bond acceptors (Lipinski definition) is 2. The standard InChI is InChI=1S/C5H7O4P.Mn/c6-10(7,8)5-3-1-2-4-9-5;/h1-5H,(H2,6,7,8);. The molecule has 2 N–H and O–H groups in total. The van der Waals surface area contributed by atoms with Crippen molar-refractivity contribution in [2.45, 2.75) is 5.85 Å². The summed E-state index contributed by atoms with van der Waals surface area (Å²) >= 11 is 0.